The third-order valence-corrected chi connectivity index (χ3v) is 6.14. The monoisotopic (exact) mass is 478 g/mol. The van der Waals surface area contributed by atoms with Gasteiger partial charge in [0.05, 0.1) is 10.0 Å². The third kappa shape index (κ3) is 5.26. The van der Waals surface area contributed by atoms with Crippen molar-refractivity contribution in [3.8, 4) is 0 Å². The number of amides is 1. The highest BCUT2D eigenvalue weighted by atomic mass is 35.5. The van der Waals surface area contributed by atoms with Crippen LogP contribution in [0.25, 0.3) is 0 Å². The fraction of sp³-hybridized carbons (Fsp3) is 0.611. The van der Waals surface area contributed by atoms with Crippen molar-refractivity contribution in [1.82, 2.24) is 9.80 Å². The van der Waals surface area contributed by atoms with Gasteiger partial charge >= 0.3 is 18.4 Å². The number of hydrogen-bond donors (Lipinski definition) is 0. The van der Waals surface area contributed by atoms with Crippen molar-refractivity contribution in [2.24, 2.45) is 5.41 Å². The highest BCUT2D eigenvalue weighted by molar-refractivity contribution is 6.42. The summed E-state index contributed by atoms with van der Waals surface area (Å²) in [5.41, 5.74) is 0.867. The Morgan fingerprint density at radius 2 is 1.60 bits per heavy atom. The van der Waals surface area contributed by atoms with E-state index in [9.17, 15) is 31.1 Å². The molecule has 2 fully saturated rings. The smallest absolute Gasteiger partial charge is 0.426 e. The Balaban J connectivity index is 1.49. The van der Waals surface area contributed by atoms with Crippen LogP contribution >= 0.6 is 23.2 Å². The average Bonchev–Trinajstić information content (AvgIpc) is 2.60. The van der Waals surface area contributed by atoms with Gasteiger partial charge in [0.15, 0.2) is 0 Å². The number of piperidine rings is 1. The van der Waals surface area contributed by atoms with Crippen molar-refractivity contribution in [3.05, 3.63) is 33.8 Å². The number of benzene rings is 1. The molecule has 3 rings (SSSR count). The number of hydrogen-bond acceptors (Lipinski definition) is 3. The zero-order valence-corrected chi connectivity index (χ0v) is 17.0. The van der Waals surface area contributed by atoms with Crippen LogP contribution in [0.15, 0.2) is 18.2 Å². The first-order chi connectivity index (χ1) is 13.8. The Morgan fingerprint density at radius 3 is 2.10 bits per heavy atom. The maximum Gasteiger partial charge on any atom is 0.434 e. The highest BCUT2D eigenvalue weighted by Gasteiger charge is 2.60. The lowest BCUT2D eigenvalue weighted by atomic mass is 9.72. The first-order valence-corrected chi connectivity index (χ1v) is 9.80. The first kappa shape index (κ1) is 23.3. The van der Waals surface area contributed by atoms with Gasteiger partial charge < -0.3 is 9.64 Å². The molecule has 0 bridgehead atoms. The van der Waals surface area contributed by atoms with Crippen LogP contribution in [0.1, 0.15) is 18.4 Å². The van der Waals surface area contributed by atoms with Crippen LogP contribution in [0.4, 0.5) is 31.1 Å². The van der Waals surface area contributed by atoms with E-state index in [0.29, 0.717) is 42.5 Å². The lowest BCUT2D eigenvalue weighted by molar-refractivity contribution is -0.308. The second kappa shape index (κ2) is 8.27. The van der Waals surface area contributed by atoms with E-state index in [1.54, 1.807) is 12.1 Å². The summed E-state index contributed by atoms with van der Waals surface area (Å²) in [7, 11) is 0. The molecular formula is C18H18Cl2F6N2O2. The molecule has 0 N–H and O–H groups in total. The molecule has 30 heavy (non-hydrogen) atoms. The summed E-state index contributed by atoms with van der Waals surface area (Å²) in [5, 5.41) is 0.908. The van der Waals surface area contributed by atoms with Crippen LogP contribution in [0.5, 0.6) is 0 Å². The summed E-state index contributed by atoms with van der Waals surface area (Å²) in [4.78, 5) is 14.9. The number of carbonyl (C=O) groups is 1. The summed E-state index contributed by atoms with van der Waals surface area (Å²) < 4.78 is 79.1. The zero-order chi connectivity index (χ0) is 22.3. The molecule has 2 saturated heterocycles. The van der Waals surface area contributed by atoms with Crippen LogP contribution < -0.4 is 0 Å². The van der Waals surface area contributed by atoms with Gasteiger partial charge in [0.25, 0.3) is 6.10 Å². The van der Waals surface area contributed by atoms with Crippen LogP contribution in [0, 0.1) is 5.41 Å². The molecule has 12 heteroatoms. The molecule has 4 nitrogen and oxygen atoms in total. The Bertz CT molecular complexity index is 772. The molecule has 1 aromatic rings. The number of rotatable bonds is 3. The molecule has 1 aromatic carbocycles. The van der Waals surface area contributed by atoms with E-state index in [2.05, 4.69) is 9.64 Å². The van der Waals surface area contributed by atoms with Gasteiger partial charge in [-0.15, -0.1) is 0 Å². The predicted molar refractivity (Wildman–Crippen MR) is 97.4 cm³/mol. The Hall–Kier alpha value is -1.39. The molecule has 1 spiro atoms. The van der Waals surface area contributed by atoms with Crippen LogP contribution in [0.3, 0.4) is 0 Å². The Kier molecular flexibility index (Phi) is 6.42. The standard InChI is InChI=1S/C18H18Cl2F6N2O2/c19-12-2-1-11(7-13(12)20)8-27-9-16(10-27)3-5-28(6-4-16)15(29)30-14(17(21,22)23)18(24,25)26/h1-2,7,14H,3-6,8-10H2. The fourth-order valence-electron chi connectivity index (χ4n) is 3.88. The largest absolute Gasteiger partial charge is 0.434 e. The van der Waals surface area contributed by atoms with Gasteiger partial charge in [-0.05, 0) is 36.0 Å². The number of carbonyl (C=O) groups excluding carboxylic acids is 1. The summed E-state index contributed by atoms with van der Waals surface area (Å²) >= 11 is 11.9. The molecule has 0 aliphatic carbocycles. The van der Waals surface area contributed by atoms with E-state index in [1.807, 2.05) is 6.07 Å². The molecular weight excluding hydrogens is 461 g/mol. The number of halogens is 8. The lowest BCUT2D eigenvalue weighted by Gasteiger charge is -2.54. The van der Waals surface area contributed by atoms with Crippen molar-refractivity contribution in [1.29, 1.82) is 0 Å². The van der Waals surface area contributed by atoms with Crippen molar-refractivity contribution >= 4 is 29.3 Å². The van der Waals surface area contributed by atoms with E-state index >= 15 is 0 Å². The maximum absolute atomic E-state index is 12.6. The van der Waals surface area contributed by atoms with Crippen LogP contribution in [-0.4, -0.2) is 60.5 Å². The third-order valence-electron chi connectivity index (χ3n) is 5.40. The van der Waals surface area contributed by atoms with Gasteiger partial charge in [-0.3, -0.25) is 4.90 Å². The minimum absolute atomic E-state index is 0.0435. The average molecular weight is 479 g/mol. The SMILES string of the molecule is O=C(OC(C(F)(F)F)C(F)(F)F)N1CCC2(CC1)CN(Cc1ccc(Cl)c(Cl)c1)C2. The molecule has 1 amide bonds. The highest BCUT2D eigenvalue weighted by Crippen LogP contribution is 2.42. The summed E-state index contributed by atoms with van der Waals surface area (Å²) in [6.07, 6.45) is -16.2. The van der Waals surface area contributed by atoms with Crippen LogP contribution in [-0.2, 0) is 11.3 Å². The quantitative estimate of drug-likeness (QED) is 0.536. The molecule has 2 aliphatic heterocycles. The zero-order valence-electron chi connectivity index (χ0n) is 15.5. The minimum atomic E-state index is -5.72. The number of ether oxygens (including phenoxy) is 1. The molecule has 2 heterocycles. The second-order valence-corrected chi connectivity index (χ2v) is 8.54. The normalized spacial score (nSPS) is 19.8. The Labute approximate surface area is 178 Å². The molecule has 0 atom stereocenters. The lowest BCUT2D eigenvalue weighted by Crippen LogP contribution is -2.60. The van der Waals surface area contributed by atoms with Crippen LogP contribution in [0.2, 0.25) is 10.0 Å². The molecule has 2 aliphatic rings. The van der Waals surface area contributed by atoms with E-state index in [-0.39, 0.29) is 18.5 Å². The number of likely N-dealkylation sites (tertiary alicyclic amines) is 2. The van der Waals surface area contributed by atoms with Crippen molar-refractivity contribution in [2.45, 2.75) is 37.8 Å². The van der Waals surface area contributed by atoms with Gasteiger partial charge in [0, 0.05) is 32.7 Å². The molecule has 168 valence electrons. The summed E-state index contributed by atoms with van der Waals surface area (Å²) in [6.45, 7) is 2.15. The minimum Gasteiger partial charge on any atom is -0.426 e. The number of nitrogens with zero attached hydrogens (tertiary/aromatic N) is 2. The Morgan fingerprint density at radius 1 is 1.03 bits per heavy atom. The topological polar surface area (TPSA) is 32.8 Å². The molecule has 0 radical (unpaired) electrons. The van der Waals surface area contributed by atoms with E-state index in [4.69, 9.17) is 23.2 Å². The van der Waals surface area contributed by atoms with Gasteiger partial charge in [-0.1, -0.05) is 29.3 Å². The van der Waals surface area contributed by atoms with E-state index in [1.165, 1.54) is 0 Å². The van der Waals surface area contributed by atoms with E-state index < -0.39 is 24.5 Å². The number of alkyl halides is 6. The summed E-state index contributed by atoms with van der Waals surface area (Å²) in [6, 6.07) is 5.33. The van der Waals surface area contributed by atoms with Gasteiger partial charge in [-0.2, -0.15) is 26.3 Å². The summed E-state index contributed by atoms with van der Waals surface area (Å²) in [5.74, 6) is 0. The van der Waals surface area contributed by atoms with Crippen molar-refractivity contribution < 1.29 is 35.9 Å². The molecule has 0 saturated carbocycles. The van der Waals surface area contributed by atoms with Crippen molar-refractivity contribution in [3.63, 3.8) is 0 Å². The van der Waals surface area contributed by atoms with Gasteiger partial charge in [0.1, 0.15) is 0 Å². The van der Waals surface area contributed by atoms with Gasteiger partial charge in [0.2, 0.25) is 0 Å². The fourth-order valence-corrected chi connectivity index (χ4v) is 4.21. The molecule has 0 unspecified atom stereocenters. The van der Waals surface area contributed by atoms with Crippen molar-refractivity contribution in [2.75, 3.05) is 26.2 Å². The maximum atomic E-state index is 12.6. The predicted octanol–water partition coefficient (Wildman–Crippen LogP) is 5.52. The second-order valence-electron chi connectivity index (χ2n) is 7.73. The van der Waals surface area contributed by atoms with Gasteiger partial charge in [-0.25, -0.2) is 4.79 Å². The van der Waals surface area contributed by atoms with E-state index in [0.717, 1.165) is 10.5 Å². The molecule has 0 aromatic heterocycles. The first-order valence-electron chi connectivity index (χ1n) is 9.04.